The molecule has 2 aliphatic carbocycles. The average Bonchev–Trinajstić information content (AvgIpc) is 2.08. The molecule has 0 heterocycles. The Bertz CT molecular complexity index is 257. The Morgan fingerprint density at radius 2 is 2.00 bits per heavy atom. The second-order valence-electron chi connectivity index (χ2n) is 5.46. The van der Waals surface area contributed by atoms with E-state index in [2.05, 4.69) is 6.92 Å². The van der Waals surface area contributed by atoms with Gasteiger partial charge in [-0.15, -0.1) is 0 Å². The van der Waals surface area contributed by atoms with Crippen LogP contribution in [-0.2, 0) is 4.79 Å². The molecular formula is C12H20O2. The first-order chi connectivity index (χ1) is 6.47. The van der Waals surface area contributed by atoms with Crippen molar-refractivity contribution in [2.45, 2.75) is 58.0 Å². The minimum atomic E-state index is -0.633. The zero-order chi connectivity index (χ0) is 10.4. The highest BCUT2D eigenvalue weighted by atomic mass is 16.3. The number of ketones is 1. The fourth-order valence-electron chi connectivity index (χ4n) is 3.39. The molecule has 2 nitrogen and oxygen atoms in total. The van der Waals surface area contributed by atoms with Gasteiger partial charge in [-0.1, -0.05) is 6.92 Å². The standard InChI is InChI=1S/C12H20O2/c1-11-7-4-6-10(13)9(11)5-3-8-12(11,2)14/h9,14H,3-8H2,1-2H3/t9-,11+,12-/m1/s1. The summed E-state index contributed by atoms with van der Waals surface area (Å²) in [6, 6.07) is 0. The lowest BCUT2D eigenvalue weighted by Crippen LogP contribution is -2.55. The smallest absolute Gasteiger partial charge is 0.136 e. The molecule has 2 heteroatoms. The van der Waals surface area contributed by atoms with Gasteiger partial charge in [-0.05, 0) is 39.0 Å². The highest BCUT2D eigenvalue weighted by Crippen LogP contribution is 2.53. The summed E-state index contributed by atoms with van der Waals surface area (Å²) in [5.74, 6) is 0.513. The number of fused-ring (bicyclic) bond motifs is 1. The number of carbonyl (C=O) groups is 1. The molecule has 1 N–H and O–H groups in total. The maximum atomic E-state index is 11.8. The van der Waals surface area contributed by atoms with E-state index in [4.69, 9.17) is 0 Å². The molecule has 2 fully saturated rings. The van der Waals surface area contributed by atoms with Gasteiger partial charge in [-0.3, -0.25) is 4.79 Å². The first kappa shape index (κ1) is 10.2. The quantitative estimate of drug-likeness (QED) is 0.645. The Labute approximate surface area is 85.7 Å². The predicted molar refractivity (Wildman–Crippen MR) is 54.9 cm³/mol. The third-order valence-corrected chi connectivity index (χ3v) is 4.66. The summed E-state index contributed by atoms with van der Waals surface area (Å²) in [7, 11) is 0. The lowest BCUT2D eigenvalue weighted by Gasteiger charge is -2.53. The van der Waals surface area contributed by atoms with Crippen LogP contribution in [-0.4, -0.2) is 16.5 Å². The van der Waals surface area contributed by atoms with Crippen LogP contribution in [0.3, 0.4) is 0 Å². The summed E-state index contributed by atoms with van der Waals surface area (Å²) in [5.41, 5.74) is -0.785. The molecule has 0 bridgehead atoms. The van der Waals surface area contributed by atoms with Gasteiger partial charge in [0.05, 0.1) is 5.60 Å². The summed E-state index contributed by atoms with van der Waals surface area (Å²) in [5, 5.41) is 10.4. The minimum absolute atomic E-state index is 0.125. The number of aliphatic hydroxyl groups is 1. The molecule has 0 spiro atoms. The molecule has 0 aromatic carbocycles. The van der Waals surface area contributed by atoms with Crippen molar-refractivity contribution < 1.29 is 9.90 Å². The highest BCUT2D eigenvalue weighted by Gasteiger charge is 2.54. The van der Waals surface area contributed by atoms with Gasteiger partial charge in [0.1, 0.15) is 5.78 Å². The third-order valence-electron chi connectivity index (χ3n) is 4.66. The summed E-state index contributed by atoms with van der Waals surface area (Å²) in [6.07, 6.45) is 5.55. The van der Waals surface area contributed by atoms with Crippen molar-refractivity contribution in [3.63, 3.8) is 0 Å². The summed E-state index contributed by atoms with van der Waals surface area (Å²) >= 11 is 0. The van der Waals surface area contributed by atoms with Crippen LogP contribution in [0.1, 0.15) is 52.4 Å². The summed E-state index contributed by atoms with van der Waals surface area (Å²) < 4.78 is 0. The molecule has 2 rings (SSSR count). The van der Waals surface area contributed by atoms with E-state index in [0.29, 0.717) is 5.78 Å². The number of rotatable bonds is 0. The number of carbonyl (C=O) groups excluding carboxylic acids is 1. The van der Waals surface area contributed by atoms with Crippen molar-refractivity contribution in [1.29, 1.82) is 0 Å². The van der Waals surface area contributed by atoms with Crippen LogP contribution in [0, 0.1) is 11.3 Å². The predicted octanol–water partition coefficient (Wildman–Crippen LogP) is 2.30. The van der Waals surface area contributed by atoms with Gasteiger partial charge in [0.15, 0.2) is 0 Å². The van der Waals surface area contributed by atoms with Crippen LogP contribution in [0.2, 0.25) is 0 Å². The largest absolute Gasteiger partial charge is 0.390 e. The van der Waals surface area contributed by atoms with Crippen LogP contribution in [0.5, 0.6) is 0 Å². The molecule has 0 aromatic heterocycles. The molecule has 0 amide bonds. The molecule has 0 saturated heterocycles. The first-order valence-corrected chi connectivity index (χ1v) is 5.72. The SMILES string of the molecule is C[C@]12CCCC(=O)[C@H]1CCC[C@@]2(C)O. The molecule has 0 aromatic rings. The normalized spacial score (nSPS) is 48.8. The average molecular weight is 196 g/mol. The van der Waals surface area contributed by atoms with E-state index in [1.165, 1.54) is 0 Å². The van der Waals surface area contributed by atoms with Crippen LogP contribution >= 0.6 is 0 Å². The van der Waals surface area contributed by atoms with Crippen molar-refractivity contribution in [2.75, 3.05) is 0 Å². The summed E-state index contributed by atoms with van der Waals surface area (Å²) in [6.45, 7) is 4.02. The molecule has 0 radical (unpaired) electrons. The van der Waals surface area contributed by atoms with Gasteiger partial charge >= 0.3 is 0 Å². The van der Waals surface area contributed by atoms with Gasteiger partial charge in [0.2, 0.25) is 0 Å². The topological polar surface area (TPSA) is 37.3 Å². The molecule has 2 saturated carbocycles. The minimum Gasteiger partial charge on any atom is -0.390 e. The van der Waals surface area contributed by atoms with Gasteiger partial charge in [-0.25, -0.2) is 0 Å². The van der Waals surface area contributed by atoms with Gasteiger partial charge in [0.25, 0.3) is 0 Å². The van der Waals surface area contributed by atoms with Crippen molar-refractivity contribution >= 4 is 5.78 Å². The van der Waals surface area contributed by atoms with Crippen LogP contribution in [0.15, 0.2) is 0 Å². The number of hydrogen-bond donors (Lipinski definition) is 1. The van der Waals surface area contributed by atoms with Crippen molar-refractivity contribution in [3.8, 4) is 0 Å². The third kappa shape index (κ3) is 1.23. The zero-order valence-corrected chi connectivity index (χ0v) is 9.18. The maximum Gasteiger partial charge on any atom is 0.136 e. The summed E-state index contributed by atoms with van der Waals surface area (Å²) in [4.78, 5) is 11.8. The molecular weight excluding hydrogens is 176 g/mol. The van der Waals surface area contributed by atoms with E-state index in [9.17, 15) is 9.90 Å². The van der Waals surface area contributed by atoms with Crippen LogP contribution in [0.4, 0.5) is 0 Å². The maximum absolute atomic E-state index is 11.8. The zero-order valence-electron chi connectivity index (χ0n) is 9.18. The van der Waals surface area contributed by atoms with Crippen molar-refractivity contribution in [3.05, 3.63) is 0 Å². The van der Waals surface area contributed by atoms with Gasteiger partial charge in [-0.2, -0.15) is 0 Å². The highest BCUT2D eigenvalue weighted by molar-refractivity contribution is 5.83. The lowest BCUT2D eigenvalue weighted by molar-refractivity contribution is -0.161. The monoisotopic (exact) mass is 196 g/mol. The van der Waals surface area contributed by atoms with E-state index < -0.39 is 5.60 Å². The Kier molecular flexibility index (Phi) is 2.22. The van der Waals surface area contributed by atoms with E-state index in [1.54, 1.807) is 0 Å². The van der Waals surface area contributed by atoms with Crippen molar-refractivity contribution in [1.82, 2.24) is 0 Å². The van der Waals surface area contributed by atoms with Crippen molar-refractivity contribution in [2.24, 2.45) is 11.3 Å². The molecule has 80 valence electrons. The van der Waals surface area contributed by atoms with E-state index in [0.717, 1.165) is 38.5 Å². The van der Waals surface area contributed by atoms with E-state index in [-0.39, 0.29) is 11.3 Å². The van der Waals surface area contributed by atoms with Crippen LogP contribution in [0.25, 0.3) is 0 Å². The second-order valence-corrected chi connectivity index (χ2v) is 5.46. The Hall–Kier alpha value is -0.370. The second kappa shape index (κ2) is 3.06. The molecule has 0 unspecified atom stereocenters. The number of hydrogen-bond acceptors (Lipinski definition) is 2. The number of Topliss-reactive ketones (excluding diaryl/α,β-unsaturated/α-hetero) is 1. The van der Waals surface area contributed by atoms with E-state index in [1.807, 2.05) is 6.92 Å². The Balaban J connectivity index is 2.33. The van der Waals surface area contributed by atoms with Gasteiger partial charge < -0.3 is 5.11 Å². The molecule has 0 aliphatic heterocycles. The Morgan fingerprint density at radius 3 is 2.64 bits per heavy atom. The fourth-order valence-corrected chi connectivity index (χ4v) is 3.39. The molecule has 14 heavy (non-hydrogen) atoms. The fraction of sp³-hybridized carbons (Fsp3) is 0.917. The van der Waals surface area contributed by atoms with Gasteiger partial charge in [0, 0.05) is 17.8 Å². The lowest BCUT2D eigenvalue weighted by atomic mass is 9.53. The molecule has 2 aliphatic rings. The molecule has 3 atom stereocenters. The Morgan fingerprint density at radius 1 is 1.29 bits per heavy atom. The first-order valence-electron chi connectivity index (χ1n) is 5.72. The van der Waals surface area contributed by atoms with E-state index >= 15 is 0 Å². The van der Waals surface area contributed by atoms with Crippen LogP contribution < -0.4 is 0 Å².